The summed E-state index contributed by atoms with van der Waals surface area (Å²) < 4.78 is 0. The predicted molar refractivity (Wildman–Crippen MR) is 59.8 cm³/mol. The normalized spacial score (nSPS) is 15.6. The van der Waals surface area contributed by atoms with Gasteiger partial charge in [0.05, 0.1) is 18.0 Å². The highest BCUT2D eigenvalue weighted by molar-refractivity contribution is 5.94. The van der Waals surface area contributed by atoms with Crippen molar-refractivity contribution in [2.45, 2.75) is 25.3 Å². The molecule has 0 unspecified atom stereocenters. The largest absolute Gasteiger partial charge is 0.334 e. The van der Waals surface area contributed by atoms with Crippen molar-refractivity contribution in [1.82, 2.24) is 15.1 Å². The number of aromatic nitrogens is 2. The summed E-state index contributed by atoms with van der Waals surface area (Å²) in [7, 11) is 0. The van der Waals surface area contributed by atoms with Crippen LogP contribution in [0.3, 0.4) is 0 Å². The molecule has 1 amide bonds. The average molecular weight is 220 g/mol. The summed E-state index contributed by atoms with van der Waals surface area (Å²) in [6, 6.07) is 2.06. The zero-order valence-electron chi connectivity index (χ0n) is 9.17. The zero-order chi connectivity index (χ0) is 11.4. The van der Waals surface area contributed by atoms with Crippen molar-refractivity contribution in [2.75, 3.05) is 13.1 Å². The summed E-state index contributed by atoms with van der Waals surface area (Å²) in [5.74, 6) is 0.0186. The Hall–Kier alpha value is -1.49. The standard InChI is InChI=1S/C11H16N4O/c12-5-7-15(10-2-1-3-10)11(16)9-4-6-13-14-8-9/h4,6,8,10H,1-3,5,7,12H2. The van der Waals surface area contributed by atoms with Gasteiger partial charge in [-0.25, -0.2) is 0 Å². The molecule has 2 N–H and O–H groups in total. The van der Waals surface area contributed by atoms with E-state index in [1.807, 2.05) is 4.90 Å². The summed E-state index contributed by atoms with van der Waals surface area (Å²) >= 11 is 0. The molecule has 0 radical (unpaired) electrons. The molecule has 1 fully saturated rings. The maximum atomic E-state index is 12.2. The van der Waals surface area contributed by atoms with Crippen LogP contribution in [0.2, 0.25) is 0 Å². The lowest BCUT2D eigenvalue weighted by Crippen LogP contribution is -2.46. The van der Waals surface area contributed by atoms with Crippen molar-refractivity contribution in [3.63, 3.8) is 0 Å². The second-order valence-corrected chi connectivity index (χ2v) is 4.00. The first-order chi connectivity index (χ1) is 7.83. The van der Waals surface area contributed by atoms with Crippen molar-refractivity contribution in [2.24, 2.45) is 5.73 Å². The smallest absolute Gasteiger partial charge is 0.255 e. The predicted octanol–water partition coefficient (Wildman–Crippen LogP) is 0.430. The second kappa shape index (κ2) is 5.03. The Labute approximate surface area is 94.6 Å². The first-order valence-corrected chi connectivity index (χ1v) is 5.60. The molecule has 2 rings (SSSR count). The van der Waals surface area contributed by atoms with Gasteiger partial charge in [0.2, 0.25) is 0 Å². The van der Waals surface area contributed by atoms with Gasteiger partial charge in [-0.1, -0.05) is 0 Å². The van der Waals surface area contributed by atoms with Crippen LogP contribution in [0.25, 0.3) is 0 Å². The third kappa shape index (κ3) is 2.19. The average Bonchev–Trinajstić information content (AvgIpc) is 2.26. The molecule has 1 aliphatic carbocycles. The van der Waals surface area contributed by atoms with Crippen molar-refractivity contribution < 1.29 is 4.79 Å². The molecule has 0 saturated heterocycles. The van der Waals surface area contributed by atoms with E-state index in [4.69, 9.17) is 5.73 Å². The molecular weight excluding hydrogens is 204 g/mol. The molecule has 1 heterocycles. The molecule has 0 aliphatic heterocycles. The van der Waals surface area contributed by atoms with E-state index in [0.29, 0.717) is 24.7 Å². The van der Waals surface area contributed by atoms with Gasteiger partial charge in [-0.2, -0.15) is 10.2 Å². The van der Waals surface area contributed by atoms with Crippen molar-refractivity contribution in [1.29, 1.82) is 0 Å². The molecule has 0 bridgehead atoms. The van der Waals surface area contributed by atoms with Gasteiger partial charge in [-0.15, -0.1) is 0 Å². The van der Waals surface area contributed by atoms with Crippen molar-refractivity contribution in [3.8, 4) is 0 Å². The van der Waals surface area contributed by atoms with E-state index in [1.165, 1.54) is 18.8 Å². The van der Waals surface area contributed by atoms with E-state index >= 15 is 0 Å². The lowest BCUT2D eigenvalue weighted by Gasteiger charge is -2.37. The van der Waals surface area contributed by atoms with Gasteiger partial charge in [-0.05, 0) is 25.3 Å². The van der Waals surface area contributed by atoms with Gasteiger partial charge < -0.3 is 10.6 Å². The number of nitrogens with two attached hydrogens (primary N) is 1. The second-order valence-electron chi connectivity index (χ2n) is 4.00. The highest BCUT2D eigenvalue weighted by Gasteiger charge is 2.28. The topological polar surface area (TPSA) is 72.1 Å². The molecule has 16 heavy (non-hydrogen) atoms. The fourth-order valence-electron chi connectivity index (χ4n) is 1.87. The highest BCUT2D eigenvalue weighted by atomic mass is 16.2. The third-order valence-corrected chi connectivity index (χ3v) is 2.98. The third-order valence-electron chi connectivity index (χ3n) is 2.98. The fraction of sp³-hybridized carbons (Fsp3) is 0.545. The summed E-state index contributed by atoms with van der Waals surface area (Å²) in [6.45, 7) is 1.12. The van der Waals surface area contributed by atoms with Gasteiger partial charge in [0.15, 0.2) is 0 Å². The molecule has 86 valence electrons. The van der Waals surface area contributed by atoms with Crippen LogP contribution < -0.4 is 5.73 Å². The molecule has 0 atom stereocenters. The Kier molecular flexibility index (Phi) is 3.46. The molecular formula is C11H16N4O. The van der Waals surface area contributed by atoms with Crippen LogP contribution in [0.15, 0.2) is 18.5 Å². The van der Waals surface area contributed by atoms with Gasteiger partial charge >= 0.3 is 0 Å². The highest BCUT2D eigenvalue weighted by Crippen LogP contribution is 2.25. The van der Waals surface area contributed by atoms with Crippen LogP contribution in [0, 0.1) is 0 Å². The van der Waals surface area contributed by atoms with Gasteiger partial charge in [0, 0.05) is 19.1 Å². The Morgan fingerprint density at radius 3 is 2.81 bits per heavy atom. The first-order valence-electron chi connectivity index (χ1n) is 5.60. The number of hydrogen-bond donors (Lipinski definition) is 1. The molecule has 5 heteroatoms. The van der Waals surface area contributed by atoms with E-state index < -0.39 is 0 Å². The summed E-state index contributed by atoms with van der Waals surface area (Å²) in [5.41, 5.74) is 6.13. The summed E-state index contributed by atoms with van der Waals surface area (Å²) in [6.07, 6.45) is 6.42. The van der Waals surface area contributed by atoms with Crippen LogP contribution in [0.4, 0.5) is 0 Å². The molecule has 1 aliphatic rings. The lowest BCUT2D eigenvalue weighted by atomic mass is 9.91. The van der Waals surface area contributed by atoms with Gasteiger partial charge in [0.1, 0.15) is 0 Å². The molecule has 1 aromatic rings. The van der Waals surface area contributed by atoms with Crippen LogP contribution >= 0.6 is 0 Å². The number of hydrogen-bond acceptors (Lipinski definition) is 4. The van der Waals surface area contributed by atoms with Crippen molar-refractivity contribution >= 4 is 5.91 Å². The zero-order valence-corrected chi connectivity index (χ0v) is 9.17. The summed E-state index contributed by atoms with van der Waals surface area (Å²) in [5, 5.41) is 7.39. The summed E-state index contributed by atoms with van der Waals surface area (Å²) in [4.78, 5) is 14.0. The monoisotopic (exact) mass is 220 g/mol. The van der Waals surface area contributed by atoms with E-state index in [1.54, 1.807) is 6.07 Å². The number of rotatable bonds is 4. The Morgan fingerprint density at radius 2 is 2.31 bits per heavy atom. The minimum atomic E-state index is 0.0186. The van der Waals surface area contributed by atoms with E-state index in [0.717, 1.165) is 12.8 Å². The van der Waals surface area contributed by atoms with Gasteiger partial charge in [-0.3, -0.25) is 4.79 Å². The van der Waals surface area contributed by atoms with Gasteiger partial charge in [0.25, 0.3) is 5.91 Å². The lowest BCUT2D eigenvalue weighted by molar-refractivity contribution is 0.0588. The maximum Gasteiger partial charge on any atom is 0.255 e. The number of carbonyl (C=O) groups excluding carboxylic acids is 1. The van der Waals surface area contributed by atoms with Crippen LogP contribution in [0.5, 0.6) is 0 Å². The number of amides is 1. The molecule has 5 nitrogen and oxygen atoms in total. The SMILES string of the molecule is NCCN(C(=O)c1ccnnc1)C1CCC1. The quantitative estimate of drug-likeness (QED) is 0.798. The maximum absolute atomic E-state index is 12.2. The fourth-order valence-corrected chi connectivity index (χ4v) is 1.87. The molecule has 0 spiro atoms. The van der Waals surface area contributed by atoms with E-state index in [2.05, 4.69) is 10.2 Å². The number of nitrogens with zero attached hydrogens (tertiary/aromatic N) is 3. The molecule has 0 aromatic carbocycles. The van der Waals surface area contributed by atoms with Crippen LogP contribution in [-0.2, 0) is 0 Å². The van der Waals surface area contributed by atoms with Crippen LogP contribution in [-0.4, -0.2) is 40.1 Å². The Bertz CT molecular complexity index is 350. The molecule has 1 saturated carbocycles. The van der Waals surface area contributed by atoms with Crippen LogP contribution in [0.1, 0.15) is 29.6 Å². The Morgan fingerprint density at radius 1 is 1.50 bits per heavy atom. The molecule has 1 aromatic heterocycles. The first kappa shape index (κ1) is 11.0. The van der Waals surface area contributed by atoms with E-state index in [9.17, 15) is 4.79 Å². The van der Waals surface area contributed by atoms with Crippen molar-refractivity contribution in [3.05, 3.63) is 24.0 Å². The minimum Gasteiger partial charge on any atom is -0.334 e. The van der Waals surface area contributed by atoms with E-state index in [-0.39, 0.29) is 5.91 Å². The Balaban J connectivity index is 2.10. The number of carbonyl (C=O) groups is 1. The minimum absolute atomic E-state index is 0.0186.